The van der Waals surface area contributed by atoms with Crippen molar-refractivity contribution in [3.63, 3.8) is 0 Å². The normalized spacial score (nSPS) is 17.2. The highest BCUT2D eigenvalue weighted by Gasteiger charge is 2.19. The van der Waals surface area contributed by atoms with Crippen molar-refractivity contribution in [2.75, 3.05) is 32.7 Å². The van der Waals surface area contributed by atoms with Gasteiger partial charge in [-0.25, -0.2) is 0 Å². The van der Waals surface area contributed by atoms with Crippen LogP contribution in [0.15, 0.2) is 0 Å². The van der Waals surface area contributed by atoms with Crippen LogP contribution in [0.3, 0.4) is 0 Å². The van der Waals surface area contributed by atoms with Crippen LogP contribution < -0.4 is 10.6 Å². The van der Waals surface area contributed by atoms with E-state index < -0.39 is 0 Å². The molecule has 1 aliphatic heterocycles. The number of amides is 2. The predicted molar refractivity (Wildman–Crippen MR) is 66.9 cm³/mol. The maximum absolute atomic E-state index is 11.6. The number of rotatable bonds is 6. The molecule has 2 N–H and O–H groups in total. The molecule has 0 saturated carbocycles. The fraction of sp³-hybridized carbons (Fsp3) is 0.750. The first-order valence-corrected chi connectivity index (χ1v) is 6.30. The van der Waals surface area contributed by atoms with Crippen LogP contribution in [-0.2, 0) is 14.4 Å². The summed E-state index contributed by atoms with van der Waals surface area (Å²) in [6, 6.07) is 0. The van der Waals surface area contributed by atoms with Gasteiger partial charge in [-0.05, 0) is 25.9 Å². The molecule has 1 saturated heterocycles. The number of hydrogen-bond donors (Lipinski definition) is 2. The maximum Gasteiger partial charge on any atom is 0.234 e. The molecule has 1 heterocycles. The van der Waals surface area contributed by atoms with E-state index in [9.17, 15) is 14.4 Å². The van der Waals surface area contributed by atoms with Gasteiger partial charge in [0.25, 0.3) is 0 Å². The summed E-state index contributed by atoms with van der Waals surface area (Å²) < 4.78 is 0. The van der Waals surface area contributed by atoms with Gasteiger partial charge in [-0.2, -0.15) is 0 Å². The molecule has 102 valence electrons. The summed E-state index contributed by atoms with van der Waals surface area (Å²) in [5.74, 6) is 0.0224. The first-order valence-electron chi connectivity index (χ1n) is 6.30. The molecule has 0 unspecified atom stereocenters. The Labute approximate surface area is 107 Å². The first kappa shape index (κ1) is 14.6. The lowest BCUT2D eigenvalue weighted by molar-refractivity contribution is -0.123. The van der Waals surface area contributed by atoms with Gasteiger partial charge in [0.05, 0.1) is 6.54 Å². The van der Waals surface area contributed by atoms with E-state index in [0.717, 1.165) is 32.2 Å². The predicted octanol–water partition coefficient (Wildman–Crippen LogP) is -0.850. The Morgan fingerprint density at radius 3 is 2.39 bits per heavy atom. The molecule has 1 aliphatic rings. The van der Waals surface area contributed by atoms with E-state index in [1.165, 1.54) is 6.92 Å². The number of carbonyl (C=O) groups is 3. The zero-order chi connectivity index (χ0) is 13.4. The Kier molecular flexibility index (Phi) is 6.35. The molecule has 2 amide bonds. The summed E-state index contributed by atoms with van der Waals surface area (Å²) in [7, 11) is 0. The average molecular weight is 255 g/mol. The molecule has 6 nitrogen and oxygen atoms in total. The standard InChI is InChI=1S/C12H21N3O3/c1-10(17)13-4-5-14-12(18)8-15-6-2-11(9-16)3-7-15/h9,11H,2-8H2,1H3,(H,13,17)(H,14,18). The third-order valence-corrected chi connectivity index (χ3v) is 3.01. The highest BCUT2D eigenvalue weighted by Crippen LogP contribution is 2.13. The van der Waals surface area contributed by atoms with Gasteiger partial charge in [0.1, 0.15) is 6.29 Å². The Balaban J connectivity index is 2.09. The molecule has 0 aromatic carbocycles. The monoisotopic (exact) mass is 255 g/mol. The molecule has 18 heavy (non-hydrogen) atoms. The summed E-state index contributed by atoms with van der Waals surface area (Å²) in [6.45, 7) is 4.30. The number of nitrogens with zero attached hydrogens (tertiary/aromatic N) is 1. The second-order valence-electron chi connectivity index (χ2n) is 4.58. The van der Waals surface area contributed by atoms with E-state index in [0.29, 0.717) is 19.6 Å². The van der Waals surface area contributed by atoms with Gasteiger partial charge in [0, 0.05) is 25.9 Å². The molecule has 0 aromatic heterocycles. The Hall–Kier alpha value is -1.43. The topological polar surface area (TPSA) is 78.5 Å². The van der Waals surface area contributed by atoms with Gasteiger partial charge in [-0.15, -0.1) is 0 Å². The number of piperidine rings is 1. The Morgan fingerprint density at radius 1 is 1.22 bits per heavy atom. The van der Waals surface area contributed by atoms with Crippen molar-refractivity contribution < 1.29 is 14.4 Å². The van der Waals surface area contributed by atoms with Gasteiger partial charge in [0.15, 0.2) is 0 Å². The summed E-state index contributed by atoms with van der Waals surface area (Å²) in [6.07, 6.45) is 2.68. The van der Waals surface area contributed by atoms with Crippen molar-refractivity contribution in [1.82, 2.24) is 15.5 Å². The smallest absolute Gasteiger partial charge is 0.234 e. The van der Waals surface area contributed by atoms with Gasteiger partial charge in [-0.3, -0.25) is 14.5 Å². The number of hydrogen-bond acceptors (Lipinski definition) is 4. The van der Waals surface area contributed by atoms with Crippen molar-refractivity contribution in [1.29, 1.82) is 0 Å². The fourth-order valence-corrected chi connectivity index (χ4v) is 1.95. The molecule has 1 rings (SSSR count). The largest absolute Gasteiger partial charge is 0.355 e. The second-order valence-corrected chi connectivity index (χ2v) is 4.58. The molecule has 0 aromatic rings. The highest BCUT2D eigenvalue weighted by atomic mass is 16.2. The third-order valence-electron chi connectivity index (χ3n) is 3.01. The summed E-state index contributed by atoms with van der Waals surface area (Å²) in [5, 5.41) is 5.36. The first-order chi connectivity index (χ1) is 8.61. The quantitative estimate of drug-likeness (QED) is 0.479. The number of aldehydes is 1. The van der Waals surface area contributed by atoms with E-state index in [4.69, 9.17) is 0 Å². The molecule has 0 radical (unpaired) electrons. The average Bonchev–Trinajstić information content (AvgIpc) is 2.35. The summed E-state index contributed by atoms with van der Waals surface area (Å²) in [5.41, 5.74) is 0. The van der Waals surface area contributed by atoms with Crippen LogP contribution >= 0.6 is 0 Å². The molecule has 1 fully saturated rings. The Morgan fingerprint density at radius 2 is 1.83 bits per heavy atom. The van der Waals surface area contributed by atoms with Gasteiger partial charge in [-0.1, -0.05) is 0 Å². The molecule has 0 aliphatic carbocycles. The molecule has 6 heteroatoms. The van der Waals surface area contributed by atoms with E-state index in [2.05, 4.69) is 10.6 Å². The molecule has 0 atom stereocenters. The maximum atomic E-state index is 11.6. The van der Waals surface area contributed by atoms with Gasteiger partial charge < -0.3 is 15.4 Å². The van der Waals surface area contributed by atoms with Crippen LogP contribution in [0.1, 0.15) is 19.8 Å². The van der Waals surface area contributed by atoms with Crippen LogP contribution in [0.25, 0.3) is 0 Å². The summed E-state index contributed by atoms with van der Waals surface area (Å²) in [4.78, 5) is 34.8. The van der Waals surface area contributed by atoms with Crippen molar-refractivity contribution in [3.8, 4) is 0 Å². The minimum Gasteiger partial charge on any atom is -0.355 e. The van der Waals surface area contributed by atoms with Crippen molar-refractivity contribution in [2.24, 2.45) is 5.92 Å². The van der Waals surface area contributed by atoms with Gasteiger partial charge in [0.2, 0.25) is 11.8 Å². The number of nitrogens with one attached hydrogen (secondary N) is 2. The van der Waals surface area contributed by atoms with Crippen LogP contribution in [0.2, 0.25) is 0 Å². The van der Waals surface area contributed by atoms with Crippen LogP contribution in [-0.4, -0.2) is 55.7 Å². The fourth-order valence-electron chi connectivity index (χ4n) is 1.95. The summed E-state index contributed by atoms with van der Waals surface area (Å²) >= 11 is 0. The Bertz CT molecular complexity index is 299. The molecule has 0 spiro atoms. The van der Waals surface area contributed by atoms with E-state index >= 15 is 0 Å². The molecular weight excluding hydrogens is 234 g/mol. The lowest BCUT2D eigenvalue weighted by Gasteiger charge is -2.28. The minimum absolute atomic E-state index is 0.0371. The number of carbonyl (C=O) groups excluding carboxylic acids is 3. The van der Waals surface area contributed by atoms with E-state index in [-0.39, 0.29) is 17.7 Å². The minimum atomic E-state index is -0.0971. The lowest BCUT2D eigenvalue weighted by Crippen LogP contribution is -2.43. The zero-order valence-corrected chi connectivity index (χ0v) is 10.8. The van der Waals surface area contributed by atoms with Gasteiger partial charge >= 0.3 is 0 Å². The van der Waals surface area contributed by atoms with Crippen molar-refractivity contribution in [3.05, 3.63) is 0 Å². The van der Waals surface area contributed by atoms with Crippen LogP contribution in [0.4, 0.5) is 0 Å². The van der Waals surface area contributed by atoms with Crippen LogP contribution in [0, 0.1) is 5.92 Å². The third kappa shape index (κ3) is 5.77. The zero-order valence-electron chi connectivity index (χ0n) is 10.8. The van der Waals surface area contributed by atoms with Crippen molar-refractivity contribution >= 4 is 18.1 Å². The SMILES string of the molecule is CC(=O)NCCNC(=O)CN1CCC(C=O)CC1. The van der Waals surface area contributed by atoms with E-state index in [1.54, 1.807) is 0 Å². The van der Waals surface area contributed by atoms with Crippen molar-refractivity contribution in [2.45, 2.75) is 19.8 Å². The number of likely N-dealkylation sites (tertiary alicyclic amines) is 1. The molecule has 0 bridgehead atoms. The second kappa shape index (κ2) is 7.81. The lowest BCUT2D eigenvalue weighted by atomic mass is 9.99. The van der Waals surface area contributed by atoms with E-state index in [1.807, 2.05) is 4.90 Å². The molecular formula is C12H21N3O3. The highest BCUT2D eigenvalue weighted by molar-refractivity contribution is 5.78. The van der Waals surface area contributed by atoms with Crippen LogP contribution in [0.5, 0.6) is 0 Å².